The third-order valence-electron chi connectivity index (χ3n) is 5.90. The molecule has 0 amide bonds. The van der Waals surface area contributed by atoms with Crippen molar-refractivity contribution in [3.63, 3.8) is 0 Å². The van der Waals surface area contributed by atoms with E-state index in [9.17, 15) is 0 Å². The van der Waals surface area contributed by atoms with E-state index in [0.29, 0.717) is 23.5 Å². The van der Waals surface area contributed by atoms with E-state index in [2.05, 4.69) is 38.5 Å². The van der Waals surface area contributed by atoms with Crippen molar-refractivity contribution in [2.75, 3.05) is 18.0 Å². The Hall–Kier alpha value is -3.85. The molecule has 6 rings (SSSR count). The van der Waals surface area contributed by atoms with Gasteiger partial charge in [0.1, 0.15) is 23.4 Å². The summed E-state index contributed by atoms with van der Waals surface area (Å²) < 4.78 is 7.31. The predicted molar refractivity (Wildman–Crippen MR) is 115 cm³/mol. The zero-order chi connectivity index (χ0) is 20.9. The van der Waals surface area contributed by atoms with E-state index in [1.807, 2.05) is 22.9 Å². The highest BCUT2D eigenvalue weighted by Gasteiger charge is 2.37. The number of aromatic nitrogens is 3. The van der Waals surface area contributed by atoms with Crippen LogP contribution in [0.15, 0.2) is 52.3 Å². The van der Waals surface area contributed by atoms with Gasteiger partial charge in [-0.05, 0) is 52.3 Å². The van der Waals surface area contributed by atoms with Crippen LogP contribution in [0.5, 0.6) is 0 Å². The Morgan fingerprint density at radius 2 is 2.03 bits per heavy atom. The Balaban J connectivity index is 1.41. The van der Waals surface area contributed by atoms with Crippen molar-refractivity contribution >= 4 is 28.8 Å². The lowest BCUT2D eigenvalue weighted by Gasteiger charge is -2.17. The number of nitrogens with one attached hydrogen (secondary N) is 1. The van der Waals surface area contributed by atoms with Crippen LogP contribution in [0.4, 0.5) is 17.7 Å². The number of fused-ring (bicyclic) bond motifs is 3. The molecule has 2 aromatic heterocycles. The van der Waals surface area contributed by atoms with Crippen molar-refractivity contribution < 1.29 is 9.11 Å². The lowest BCUT2D eigenvalue weighted by molar-refractivity contribution is -0.529. The fraction of sp³-hybridized carbons (Fsp3) is 0.227. The maximum absolute atomic E-state index is 6.26. The summed E-state index contributed by atoms with van der Waals surface area (Å²) in [4.78, 5) is 13.0. The molecular formula is C22H21N8O+. The summed E-state index contributed by atoms with van der Waals surface area (Å²) in [5, 5.41) is 8.37. The van der Waals surface area contributed by atoms with E-state index in [1.165, 1.54) is 23.0 Å². The number of rotatable bonds is 3. The van der Waals surface area contributed by atoms with Gasteiger partial charge in [-0.15, -0.1) is 9.81 Å². The van der Waals surface area contributed by atoms with Crippen LogP contribution < -0.4 is 16.8 Å². The SMILES string of the molecule is Nc1nc2cc(C3N=[N+](Cc4ccc5c(c4)CCNC5)c4ncnc(N)c43)ccc2o1. The molecule has 2 aliphatic heterocycles. The molecule has 9 heteroatoms. The van der Waals surface area contributed by atoms with Crippen molar-refractivity contribution in [3.8, 4) is 0 Å². The van der Waals surface area contributed by atoms with Gasteiger partial charge in [0.05, 0.1) is 0 Å². The first-order valence-corrected chi connectivity index (χ1v) is 10.2. The van der Waals surface area contributed by atoms with Crippen LogP contribution >= 0.6 is 0 Å². The molecule has 0 spiro atoms. The van der Waals surface area contributed by atoms with Gasteiger partial charge in [-0.2, -0.15) is 9.97 Å². The van der Waals surface area contributed by atoms with Crippen LogP contribution in [0.2, 0.25) is 0 Å². The molecule has 31 heavy (non-hydrogen) atoms. The van der Waals surface area contributed by atoms with Crippen LogP contribution in [0, 0.1) is 0 Å². The highest BCUT2D eigenvalue weighted by molar-refractivity contribution is 5.75. The van der Waals surface area contributed by atoms with E-state index in [-0.39, 0.29) is 12.1 Å². The Bertz CT molecular complexity index is 1360. The minimum atomic E-state index is -0.319. The fourth-order valence-electron chi connectivity index (χ4n) is 4.40. The number of hydrogen-bond donors (Lipinski definition) is 3. The summed E-state index contributed by atoms with van der Waals surface area (Å²) in [5.41, 5.74) is 19.0. The van der Waals surface area contributed by atoms with Gasteiger partial charge >= 0.3 is 5.82 Å². The molecule has 4 heterocycles. The van der Waals surface area contributed by atoms with E-state index < -0.39 is 0 Å². The number of nitrogen functional groups attached to an aromatic ring is 2. The molecule has 2 aliphatic rings. The van der Waals surface area contributed by atoms with Gasteiger partial charge < -0.3 is 21.2 Å². The average Bonchev–Trinajstić information content (AvgIpc) is 3.33. The second-order valence-corrected chi connectivity index (χ2v) is 7.88. The topological polar surface area (TPSA) is 131 Å². The van der Waals surface area contributed by atoms with Crippen molar-refractivity contribution in [3.05, 3.63) is 70.5 Å². The number of benzene rings is 2. The molecule has 0 bridgehead atoms. The first-order valence-electron chi connectivity index (χ1n) is 10.2. The van der Waals surface area contributed by atoms with Gasteiger partial charge in [0.15, 0.2) is 11.6 Å². The lowest BCUT2D eigenvalue weighted by Crippen LogP contribution is -2.23. The zero-order valence-electron chi connectivity index (χ0n) is 16.7. The number of nitrogens with two attached hydrogens (primary N) is 2. The monoisotopic (exact) mass is 413 g/mol. The Labute approximate surface area is 177 Å². The normalized spacial score (nSPS) is 17.4. The Kier molecular flexibility index (Phi) is 3.97. The van der Waals surface area contributed by atoms with Crippen molar-refractivity contribution in [2.24, 2.45) is 5.11 Å². The van der Waals surface area contributed by atoms with Gasteiger partial charge in [0, 0.05) is 6.54 Å². The van der Waals surface area contributed by atoms with E-state index >= 15 is 0 Å². The van der Waals surface area contributed by atoms with Crippen molar-refractivity contribution in [1.82, 2.24) is 20.3 Å². The molecule has 2 aromatic carbocycles. The highest BCUT2D eigenvalue weighted by Crippen LogP contribution is 2.41. The summed E-state index contributed by atoms with van der Waals surface area (Å²) in [6, 6.07) is 12.2. The minimum Gasteiger partial charge on any atom is -0.424 e. The molecule has 0 saturated heterocycles. The predicted octanol–water partition coefficient (Wildman–Crippen LogP) is 2.83. The molecule has 1 unspecified atom stereocenters. The first kappa shape index (κ1) is 18.0. The van der Waals surface area contributed by atoms with E-state index in [4.69, 9.17) is 21.0 Å². The second-order valence-electron chi connectivity index (χ2n) is 7.88. The number of hydrogen-bond acceptors (Lipinski definition) is 8. The van der Waals surface area contributed by atoms with Gasteiger partial charge in [-0.25, -0.2) is 0 Å². The fourth-order valence-corrected chi connectivity index (χ4v) is 4.40. The van der Waals surface area contributed by atoms with Gasteiger partial charge in [0.25, 0.3) is 6.01 Å². The molecule has 9 nitrogen and oxygen atoms in total. The number of oxazole rings is 1. The maximum Gasteiger partial charge on any atom is 0.354 e. The third-order valence-corrected chi connectivity index (χ3v) is 5.90. The summed E-state index contributed by atoms with van der Waals surface area (Å²) in [7, 11) is 0. The number of azo groups is 2. The van der Waals surface area contributed by atoms with E-state index in [1.54, 1.807) is 0 Å². The smallest absolute Gasteiger partial charge is 0.354 e. The zero-order valence-corrected chi connectivity index (χ0v) is 16.7. The highest BCUT2D eigenvalue weighted by atomic mass is 16.4. The summed E-state index contributed by atoms with van der Waals surface area (Å²) in [6.45, 7) is 2.54. The summed E-state index contributed by atoms with van der Waals surface area (Å²) >= 11 is 0. The Morgan fingerprint density at radius 3 is 2.97 bits per heavy atom. The largest absolute Gasteiger partial charge is 0.424 e. The van der Waals surface area contributed by atoms with Crippen molar-refractivity contribution in [2.45, 2.75) is 25.6 Å². The van der Waals surface area contributed by atoms with Crippen molar-refractivity contribution in [1.29, 1.82) is 0 Å². The molecule has 0 radical (unpaired) electrons. The lowest BCUT2D eigenvalue weighted by atomic mass is 9.98. The van der Waals surface area contributed by atoms with Gasteiger partial charge in [-0.3, -0.25) is 0 Å². The molecule has 0 fully saturated rings. The van der Waals surface area contributed by atoms with Crippen LogP contribution in [-0.4, -0.2) is 26.2 Å². The average molecular weight is 413 g/mol. The quantitative estimate of drug-likeness (QED) is 0.440. The standard InChI is InChI=1S/C22H21N8O/c23-20-18-19(14-3-4-17-16(8-14)28-22(24)31-17)29-30(21(18)27-11-26-20)10-12-1-2-15-9-25-6-5-13(15)7-12/h1-4,7-8,11,19,25H,5-6,9-10H2,(H2,24,28)(H2,23,26,27)/q+1. The number of nitrogens with zero attached hydrogens (tertiary/aromatic N) is 5. The van der Waals surface area contributed by atoms with E-state index in [0.717, 1.165) is 36.5 Å². The molecule has 1 atom stereocenters. The second kappa shape index (κ2) is 6.85. The number of anilines is 2. The molecule has 0 saturated carbocycles. The molecule has 4 aromatic rings. The van der Waals surface area contributed by atoms with Crippen LogP contribution in [0.3, 0.4) is 0 Å². The maximum atomic E-state index is 6.26. The summed E-state index contributed by atoms with van der Waals surface area (Å²) in [6.07, 6.45) is 2.52. The van der Waals surface area contributed by atoms with Crippen LogP contribution in [-0.2, 0) is 19.5 Å². The van der Waals surface area contributed by atoms with Crippen LogP contribution in [0.1, 0.15) is 33.9 Å². The Morgan fingerprint density at radius 1 is 1.10 bits per heavy atom. The minimum absolute atomic E-state index is 0.142. The molecule has 154 valence electrons. The van der Waals surface area contributed by atoms with Crippen LogP contribution in [0.25, 0.3) is 11.1 Å². The molecule has 0 aliphatic carbocycles. The first-order chi connectivity index (χ1) is 15.2. The van der Waals surface area contributed by atoms with Gasteiger partial charge in [0.2, 0.25) is 6.33 Å². The third kappa shape index (κ3) is 3.01. The summed E-state index contributed by atoms with van der Waals surface area (Å²) in [5.74, 6) is 1.16. The molecular weight excluding hydrogens is 392 g/mol. The molecule has 5 N–H and O–H groups in total. The van der Waals surface area contributed by atoms with Gasteiger partial charge in [-0.1, -0.05) is 24.3 Å².